The van der Waals surface area contributed by atoms with Crippen LogP contribution in [0, 0.1) is 17.3 Å². The van der Waals surface area contributed by atoms with E-state index in [0.717, 1.165) is 24.8 Å². The molecule has 2 bridgehead atoms. The minimum atomic E-state index is -0.0928. The van der Waals surface area contributed by atoms with Gasteiger partial charge in [0.2, 0.25) is 0 Å². The molecule has 0 amide bonds. The highest BCUT2D eigenvalue weighted by Gasteiger charge is 2.59. The number of Topliss-reactive ketones (excluding diaryl/α,β-unsaturated/α-hetero) is 1. The number of hydrogen-bond donors (Lipinski definition) is 2. The fourth-order valence-electron chi connectivity index (χ4n) is 5.52. The van der Waals surface area contributed by atoms with Gasteiger partial charge in [0.25, 0.3) is 0 Å². The third kappa shape index (κ3) is 4.49. The first-order chi connectivity index (χ1) is 13.6. The topological polar surface area (TPSA) is 57.5 Å². The number of ketones is 1. The van der Waals surface area contributed by atoms with Crippen molar-refractivity contribution in [3.05, 3.63) is 23.3 Å². The Balaban J connectivity index is 0.00000145. The number of aromatic hydroxyl groups is 2. The fraction of sp³-hybridized carbons (Fsp3) is 0.731. The zero-order chi connectivity index (χ0) is 22.0. The molecule has 0 aromatic heterocycles. The lowest BCUT2D eigenvalue weighted by molar-refractivity contribution is -0.151. The van der Waals surface area contributed by atoms with Crippen LogP contribution in [0.15, 0.2) is 12.1 Å². The molecule has 1 aromatic carbocycles. The molecule has 0 saturated heterocycles. The quantitative estimate of drug-likeness (QED) is 0.479. The summed E-state index contributed by atoms with van der Waals surface area (Å²) in [5.74, 6) is 1.04. The molecule has 164 valence electrons. The van der Waals surface area contributed by atoms with E-state index in [1.54, 1.807) is 0 Å². The highest BCUT2D eigenvalue weighted by atomic mass is 16.3. The van der Waals surface area contributed by atoms with Crippen molar-refractivity contribution in [3.63, 3.8) is 0 Å². The van der Waals surface area contributed by atoms with Gasteiger partial charge >= 0.3 is 0 Å². The lowest BCUT2D eigenvalue weighted by Crippen LogP contribution is -2.56. The van der Waals surface area contributed by atoms with Crippen molar-refractivity contribution in [1.29, 1.82) is 0 Å². The summed E-state index contributed by atoms with van der Waals surface area (Å²) in [6.07, 6.45) is 7.20. The van der Waals surface area contributed by atoms with E-state index in [2.05, 4.69) is 34.6 Å². The normalized spacial score (nSPS) is 25.1. The summed E-state index contributed by atoms with van der Waals surface area (Å²) >= 11 is 0. The van der Waals surface area contributed by atoms with Gasteiger partial charge in [0.05, 0.1) is 0 Å². The molecule has 0 radical (unpaired) electrons. The Morgan fingerprint density at radius 3 is 2.14 bits per heavy atom. The lowest BCUT2D eigenvalue weighted by atomic mass is 9.44. The van der Waals surface area contributed by atoms with Gasteiger partial charge in [0, 0.05) is 23.8 Å². The minimum absolute atomic E-state index is 0.0316. The predicted octanol–water partition coefficient (Wildman–Crippen LogP) is 7.09. The Bertz CT molecular complexity index is 694. The van der Waals surface area contributed by atoms with E-state index in [9.17, 15) is 15.0 Å². The molecular formula is C26H42O3. The van der Waals surface area contributed by atoms with Gasteiger partial charge in [-0.25, -0.2) is 0 Å². The maximum Gasteiger partial charge on any atom is 0.137 e. The Labute approximate surface area is 177 Å². The summed E-state index contributed by atoms with van der Waals surface area (Å²) in [7, 11) is 0. The smallest absolute Gasteiger partial charge is 0.137 e. The molecule has 0 heterocycles. The second-order valence-electron chi connectivity index (χ2n) is 10.1. The summed E-state index contributed by atoms with van der Waals surface area (Å²) < 4.78 is 0. The monoisotopic (exact) mass is 402 g/mol. The lowest BCUT2D eigenvalue weighted by Gasteiger charge is -2.59. The van der Waals surface area contributed by atoms with Gasteiger partial charge in [0.15, 0.2) is 0 Å². The molecule has 3 heteroatoms. The zero-order valence-corrected chi connectivity index (χ0v) is 19.6. The van der Waals surface area contributed by atoms with Crippen molar-refractivity contribution in [2.45, 2.75) is 105 Å². The van der Waals surface area contributed by atoms with Crippen LogP contribution in [0.4, 0.5) is 0 Å². The Hall–Kier alpha value is -1.51. The average molecular weight is 403 g/mol. The largest absolute Gasteiger partial charge is 0.508 e. The Morgan fingerprint density at radius 1 is 1.07 bits per heavy atom. The second-order valence-corrected chi connectivity index (χ2v) is 10.1. The van der Waals surface area contributed by atoms with Gasteiger partial charge < -0.3 is 10.2 Å². The first-order valence-corrected chi connectivity index (χ1v) is 11.7. The Kier molecular flexibility index (Phi) is 7.46. The molecule has 3 fully saturated rings. The van der Waals surface area contributed by atoms with Gasteiger partial charge in [-0.15, -0.1) is 0 Å². The number of phenolic OH excluding ortho intramolecular Hbond substituents is 2. The minimum Gasteiger partial charge on any atom is -0.508 e. The van der Waals surface area contributed by atoms with Crippen LogP contribution in [0.3, 0.4) is 0 Å². The molecule has 3 aliphatic carbocycles. The maximum absolute atomic E-state index is 12.5. The van der Waals surface area contributed by atoms with Crippen molar-refractivity contribution in [3.8, 4) is 11.5 Å². The zero-order valence-electron chi connectivity index (χ0n) is 19.6. The van der Waals surface area contributed by atoms with E-state index < -0.39 is 0 Å². The van der Waals surface area contributed by atoms with Crippen LogP contribution in [-0.4, -0.2) is 16.0 Å². The van der Waals surface area contributed by atoms with E-state index in [1.165, 1.54) is 19.3 Å². The van der Waals surface area contributed by atoms with Crippen molar-refractivity contribution in [2.75, 3.05) is 0 Å². The van der Waals surface area contributed by atoms with Crippen molar-refractivity contribution in [2.24, 2.45) is 17.3 Å². The SMILES string of the molecule is CC.CCCCCCC(C)(C)c1cc(O)c([C@H]2CC(=O)[C@H]3CC2C3(C)C)c(O)c1. The molecular weight excluding hydrogens is 360 g/mol. The fourth-order valence-corrected chi connectivity index (χ4v) is 5.52. The average Bonchev–Trinajstić information content (AvgIpc) is 2.65. The summed E-state index contributed by atoms with van der Waals surface area (Å²) in [6.45, 7) is 14.9. The molecule has 3 nitrogen and oxygen atoms in total. The van der Waals surface area contributed by atoms with Crippen molar-refractivity contribution < 1.29 is 15.0 Å². The first-order valence-electron chi connectivity index (χ1n) is 11.7. The number of rotatable bonds is 7. The highest BCUT2D eigenvalue weighted by molar-refractivity contribution is 5.86. The third-order valence-corrected chi connectivity index (χ3v) is 7.58. The van der Waals surface area contributed by atoms with Crippen LogP contribution in [0.2, 0.25) is 0 Å². The molecule has 2 N–H and O–H groups in total. The van der Waals surface area contributed by atoms with Gasteiger partial charge in [-0.05, 0) is 47.3 Å². The highest BCUT2D eigenvalue weighted by Crippen LogP contribution is 2.64. The molecule has 3 atom stereocenters. The predicted molar refractivity (Wildman–Crippen MR) is 121 cm³/mol. The molecule has 3 aliphatic rings. The number of carbonyl (C=O) groups excluding carboxylic acids is 1. The summed E-state index contributed by atoms with van der Waals surface area (Å²) in [6, 6.07) is 3.66. The van der Waals surface area contributed by atoms with E-state index >= 15 is 0 Å². The standard InChI is InChI=1S/C24H36O3.C2H6/c1-6-7-8-9-10-23(2,3)15-11-20(26)22(21(27)12-15)16-13-19(25)18-14-17(16)24(18,4)5;1-2/h11-12,16-18,26-27H,6-10,13-14H2,1-5H3;1-2H3/t16-,17?,18+;/m0./s1. The van der Waals surface area contributed by atoms with E-state index in [0.29, 0.717) is 17.9 Å². The van der Waals surface area contributed by atoms with E-state index in [1.807, 2.05) is 26.0 Å². The molecule has 29 heavy (non-hydrogen) atoms. The van der Waals surface area contributed by atoms with Gasteiger partial charge in [-0.1, -0.05) is 74.1 Å². The van der Waals surface area contributed by atoms with Crippen LogP contribution in [0.25, 0.3) is 0 Å². The van der Waals surface area contributed by atoms with Gasteiger partial charge in [-0.3, -0.25) is 4.79 Å². The Morgan fingerprint density at radius 2 is 1.66 bits per heavy atom. The van der Waals surface area contributed by atoms with Gasteiger partial charge in [-0.2, -0.15) is 0 Å². The maximum atomic E-state index is 12.5. The molecule has 4 rings (SSSR count). The van der Waals surface area contributed by atoms with E-state index in [4.69, 9.17) is 0 Å². The van der Waals surface area contributed by atoms with Crippen LogP contribution in [0.5, 0.6) is 11.5 Å². The van der Waals surface area contributed by atoms with Crippen LogP contribution in [-0.2, 0) is 10.2 Å². The van der Waals surface area contributed by atoms with Crippen LogP contribution in [0.1, 0.15) is 110 Å². The molecule has 0 aliphatic heterocycles. The van der Waals surface area contributed by atoms with Crippen LogP contribution < -0.4 is 0 Å². The summed E-state index contributed by atoms with van der Waals surface area (Å²) in [4.78, 5) is 12.5. The molecule has 1 aromatic rings. The van der Waals surface area contributed by atoms with Crippen molar-refractivity contribution >= 4 is 5.78 Å². The van der Waals surface area contributed by atoms with E-state index in [-0.39, 0.29) is 39.9 Å². The number of hydrogen-bond acceptors (Lipinski definition) is 3. The number of benzene rings is 1. The van der Waals surface area contributed by atoms with Crippen LogP contribution >= 0.6 is 0 Å². The number of carbonyl (C=O) groups is 1. The summed E-state index contributed by atoms with van der Waals surface area (Å²) in [5.41, 5.74) is 1.44. The van der Waals surface area contributed by atoms with Crippen molar-refractivity contribution in [1.82, 2.24) is 0 Å². The number of phenols is 2. The third-order valence-electron chi connectivity index (χ3n) is 7.58. The number of unbranched alkanes of at least 4 members (excludes halogenated alkanes) is 3. The summed E-state index contributed by atoms with van der Waals surface area (Å²) in [5, 5.41) is 21.6. The molecule has 1 unspecified atom stereocenters. The molecule has 0 spiro atoms. The molecule has 3 saturated carbocycles. The number of fused-ring (bicyclic) bond motifs is 2. The second kappa shape index (κ2) is 9.10. The first kappa shape index (κ1) is 23.8. The van der Waals surface area contributed by atoms with Gasteiger partial charge in [0.1, 0.15) is 17.3 Å².